The third-order valence-corrected chi connectivity index (χ3v) is 5.44. The lowest BCUT2D eigenvalue weighted by Crippen LogP contribution is -2.33. The molecule has 3 aromatic rings. The number of cyclic esters (lactones) is 1. The second-order valence-electron chi connectivity index (χ2n) is 7.82. The molecule has 1 fully saturated rings. The van der Waals surface area contributed by atoms with Crippen molar-refractivity contribution in [3.8, 4) is 16.9 Å². The van der Waals surface area contributed by atoms with Crippen LogP contribution in [0.15, 0.2) is 67.0 Å². The molecule has 2 aromatic carbocycles. The van der Waals surface area contributed by atoms with Crippen LogP contribution in [0.3, 0.4) is 0 Å². The molecule has 1 atom stereocenters. The number of amides is 2. The third kappa shape index (κ3) is 5.28. The second-order valence-corrected chi connectivity index (χ2v) is 7.82. The lowest BCUT2D eigenvalue weighted by molar-refractivity contribution is -0.688. The van der Waals surface area contributed by atoms with Gasteiger partial charge in [-0.3, -0.25) is 9.69 Å². The van der Waals surface area contributed by atoms with Crippen LogP contribution in [0.5, 0.6) is 5.75 Å². The smallest absolute Gasteiger partial charge is 0.414 e. The maximum absolute atomic E-state index is 14.9. The number of ether oxygens (including phenoxy) is 2. The number of hydrogen-bond acceptors (Lipinski definition) is 4. The fraction of sp³-hybridized carbons (Fsp3) is 0.240. The van der Waals surface area contributed by atoms with Gasteiger partial charge in [0, 0.05) is 30.2 Å². The number of carbonyl (C=O) groups excluding carboxylic acids is 2. The van der Waals surface area contributed by atoms with Gasteiger partial charge in [0.1, 0.15) is 17.7 Å². The summed E-state index contributed by atoms with van der Waals surface area (Å²) in [7, 11) is 1.63. The first-order valence-corrected chi connectivity index (χ1v) is 10.6. The van der Waals surface area contributed by atoms with E-state index in [1.807, 2.05) is 53.4 Å². The van der Waals surface area contributed by atoms with Crippen molar-refractivity contribution < 1.29 is 28.0 Å². The minimum atomic E-state index is -0.559. The number of nitrogens with one attached hydrogen (secondary N) is 1. The van der Waals surface area contributed by atoms with Gasteiger partial charge in [0.25, 0.3) is 0 Å². The lowest BCUT2D eigenvalue weighted by atomic mass is 10.1. The Balaban J connectivity index is 1.44. The van der Waals surface area contributed by atoms with Crippen LogP contribution in [0.4, 0.5) is 14.9 Å². The highest BCUT2D eigenvalue weighted by Crippen LogP contribution is 2.28. The first kappa shape index (κ1) is 22.3. The summed E-state index contributed by atoms with van der Waals surface area (Å²) in [5.41, 5.74) is 2.71. The fourth-order valence-corrected chi connectivity index (χ4v) is 3.69. The Morgan fingerprint density at radius 2 is 1.91 bits per heavy atom. The summed E-state index contributed by atoms with van der Waals surface area (Å²) < 4.78 is 27.4. The number of aromatic nitrogens is 1. The van der Waals surface area contributed by atoms with E-state index < -0.39 is 18.0 Å². The molecule has 2 heterocycles. The van der Waals surface area contributed by atoms with Crippen molar-refractivity contribution in [1.29, 1.82) is 0 Å². The molecule has 33 heavy (non-hydrogen) atoms. The van der Waals surface area contributed by atoms with E-state index in [-0.39, 0.29) is 19.0 Å². The van der Waals surface area contributed by atoms with Gasteiger partial charge < -0.3 is 14.8 Å². The predicted molar refractivity (Wildman–Crippen MR) is 120 cm³/mol. The van der Waals surface area contributed by atoms with Crippen LogP contribution in [0.1, 0.15) is 12.5 Å². The van der Waals surface area contributed by atoms with E-state index in [0.717, 1.165) is 16.9 Å². The Morgan fingerprint density at radius 3 is 2.55 bits per heavy atom. The molecular weight excluding hydrogens is 425 g/mol. The molecule has 1 aromatic heterocycles. The lowest BCUT2D eigenvalue weighted by Gasteiger charge is -2.14. The quantitative estimate of drug-likeness (QED) is 0.561. The number of anilines is 1. The zero-order valence-electron chi connectivity index (χ0n) is 18.5. The van der Waals surface area contributed by atoms with Gasteiger partial charge in [-0.2, -0.15) is 0 Å². The monoisotopic (exact) mass is 450 g/mol. The van der Waals surface area contributed by atoms with Crippen molar-refractivity contribution in [1.82, 2.24) is 5.32 Å². The van der Waals surface area contributed by atoms with Crippen LogP contribution in [0.2, 0.25) is 0 Å². The van der Waals surface area contributed by atoms with Crippen molar-refractivity contribution in [2.75, 3.05) is 25.1 Å². The van der Waals surface area contributed by atoms with E-state index >= 15 is 0 Å². The summed E-state index contributed by atoms with van der Waals surface area (Å²) in [6.07, 6.45) is 2.77. The summed E-state index contributed by atoms with van der Waals surface area (Å²) in [5, 5.41) is 2.62. The Bertz CT molecular complexity index is 1150. The van der Waals surface area contributed by atoms with E-state index in [0.29, 0.717) is 17.8 Å². The van der Waals surface area contributed by atoms with E-state index in [4.69, 9.17) is 9.47 Å². The molecule has 8 heteroatoms. The van der Waals surface area contributed by atoms with Crippen LogP contribution in [-0.4, -0.2) is 38.3 Å². The largest absolute Gasteiger partial charge is 0.497 e. The summed E-state index contributed by atoms with van der Waals surface area (Å²) in [5.74, 6) is 0.176. The molecule has 1 aliphatic rings. The van der Waals surface area contributed by atoms with Crippen LogP contribution in [0, 0.1) is 5.82 Å². The highest BCUT2D eigenvalue weighted by atomic mass is 19.1. The van der Waals surface area contributed by atoms with Gasteiger partial charge in [-0.1, -0.05) is 0 Å². The van der Waals surface area contributed by atoms with Crippen LogP contribution < -0.4 is 19.5 Å². The average molecular weight is 450 g/mol. The number of halogens is 1. The van der Waals surface area contributed by atoms with Crippen molar-refractivity contribution in [3.05, 3.63) is 78.4 Å². The molecule has 0 aliphatic carbocycles. The van der Waals surface area contributed by atoms with Crippen molar-refractivity contribution >= 4 is 17.7 Å². The molecule has 0 radical (unpaired) electrons. The molecule has 0 bridgehead atoms. The summed E-state index contributed by atoms with van der Waals surface area (Å²) >= 11 is 0. The molecule has 7 nitrogen and oxygen atoms in total. The van der Waals surface area contributed by atoms with Gasteiger partial charge in [0.05, 0.1) is 25.9 Å². The number of benzene rings is 2. The van der Waals surface area contributed by atoms with E-state index in [9.17, 15) is 14.0 Å². The number of nitrogens with zero attached hydrogens (tertiary/aromatic N) is 2. The fourth-order valence-electron chi connectivity index (χ4n) is 3.69. The maximum Gasteiger partial charge on any atom is 0.414 e. The Kier molecular flexibility index (Phi) is 6.53. The number of methoxy groups -OCH3 is 1. The van der Waals surface area contributed by atoms with E-state index in [1.54, 1.807) is 19.2 Å². The zero-order chi connectivity index (χ0) is 23.4. The van der Waals surface area contributed by atoms with Crippen molar-refractivity contribution in [2.45, 2.75) is 19.6 Å². The zero-order valence-corrected chi connectivity index (χ0v) is 18.5. The number of hydrogen-bond donors (Lipinski definition) is 1. The molecule has 0 saturated carbocycles. The van der Waals surface area contributed by atoms with Gasteiger partial charge >= 0.3 is 6.09 Å². The SMILES string of the molecule is COc1ccc(C[n+]2ccc(-c3ccc(N4C[C@H](CNC(C)=O)OC4=O)cc3F)cc2)cc1. The van der Waals surface area contributed by atoms with Gasteiger partial charge in [-0.15, -0.1) is 0 Å². The van der Waals surface area contributed by atoms with Gasteiger partial charge in [0.2, 0.25) is 5.91 Å². The minimum absolute atomic E-state index is 0.201. The normalized spacial score (nSPS) is 15.3. The molecule has 4 rings (SSSR count). The minimum Gasteiger partial charge on any atom is -0.497 e. The standard InChI is InChI=1S/C25H24FN3O4/c1-17(30)27-14-22-16-29(25(31)33-22)20-5-8-23(24(26)13-20)19-9-11-28(12-10-19)15-18-3-6-21(32-2)7-4-18/h3-13,22H,14-16H2,1-2H3/p+1/t22-/m0/s1. The first-order valence-electron chi connectivity index (χ1n) is 10.6. The van der Waals surface area contributed by atoms with Crippen LogP contribution >= 0.6 is 0 Å². The molecule has 170 valence electrons. The van der Waals surface area contributed by atoms with E-state index in [1.165, 1.54) is 17.9 Å². The molecule has 2 amide bonds. The summed E-state index contributed by atoms with van der Waals surface area (Å²) in [6.45, 7) is 2.54. The Hall–Kier alpha value is -3.94. The molecule has 0 unspecified atom stereocenters. The second kappa shape index (κ2) is 9.68. The third-order valence-electron chi connectivity index (χ3n) is 5.44. The first-order chi connectivity index (χ1) is 15.9. The molecule has 1 saturated heterocycles. The van der Waals surface area contributed by atoms with Gasteiger partial charge in [-0.05, 0) is 48.0 Å². The van der Waals surface area contributed by atoms with Crippen molar-refractivity contribution in [3.63, 3.8) is 0 Å². The number of carbonyl (C=O) groups is 2. The van der Waals surface area contributed by atoms with E-state index in [2.05, 4.69) is 5.32 Å². The molecule has 0 spiro atoms. The van der Waals surface area contributed by atoms with Crippen LogP contribution in [0.25, 0.3) is 11.1 Å². The molecule has 1 N–H and O–H groups in total. The summed E-state index contributed by atoms with van der Waals surface area (Å²) in [4.78, 5) is 24.6. The van der Waals surface area contributed by atoms with Gasteiger partial charge in [0.15, 0.2) is 18.9 Å². The highest BCUT2D eigenvalue weighted by molar-refractivity contribution is 5.90. The predicted octanol–water partition coefficient (Wildman–Crippen LogP) is 3.30. The summed E-state index contributed by atoms with van der Waals surface area (Å²) in [6, 6.07) is 16.2. The van der Waals surface area contributed by atoms with Crippen molar-refractivity contribution in [2.24, 2.45) is 0 Å². The van der Waals surface area contributed by atoms with Gasteiger partial charge in [-0.25, -0.2) is 13.8 Å². The molecule has 1 aliphatic heterocycles. The topological polar surface area (TPSA) is 71.8 Å². The Morgan fingerprint density at radius 1 is 1.18 bits per heavy atom. The Labute approximate surface area is 191 Å². The maximum atomic E-state index is 14.9. The van der Waals surface area contributed by atoms with Crippen LogP contribution in [-0.2, 0) is 16.1 Å². The average Bonchev–Trinajstić information content (AvgIpc) is 3.19. The molecular formula is C25H25FN3O4+. The number of rotatable bonds is 7. The number of pyridine rings is 1. The highest BCUT2D eigenvalue weighted by Gasteiger charge is 2.32.